The van der Waals surface area contributed by atoms with E-state index in [2.05, 4.69) is 12.2 Å². The Hall–Kier alpha value is -1.59. The van der Waals surface area contributed by atoms with E-state index in [9.17, 15) is 4.79 Å². The zero-order valence-corrected chi connectivity index (χ0v) is 12.3. The van der Waals surface area contributed by atoms with Crippen molar-refractivity contribution in [3.63, 3.8) is 0 Å². The van der Waals surface area contributed by atoms with E-state index in [1.165, 1.54) is 0 Å². The molecule has 0 heterocycles. The molecule has 0 saturated heterocycles. The van der Waals surface area contributed by atoms with Gasteiger partial charge < -0.3 is 21.1 Å². The van der Waals surface area contributed by atoms with Crippen LogP contribution in [0.15, 0.2) is 24.3 Å². The van der Waals surface area contributed by atoms with Gasteiger partial charge in [0.05, 0.1) is 6.61 Å². The molecule has 1 rings (SSSR count). The van der Waals surface area contributed by atoms with Gasteiger partial charge in [0.15, 0.2) is 0 Å². The standard InChI is InChI=1S/C15H25N3O2/c1-3-4-9-18(10-11-19)15(20)17-14-7-5-13(6-8-14)12(2)16/h5-8,12,19H,3-4,9-11,16H2,1-2H3,(H,17,20). The summed E-state index contributed by atoms with van der Waals surface area (Å²) in [6, 6.07) is 7.29. The zero-order valence-electron chi connectivity index (χ0n) is 12.3. The van der Waals surface area contributed by atoms with Crippen LogP contribution in [0.5, 0.6) is 0 Å². The Morgan fingerprint density at radius 3 is 2.50 bits per heavy atom. The molecule has 4 N–H and O–H groups in total. The van der Waals surface area contributed by atoms with E-state index >= 15 is 0 Å². The number of amides is 2. The van der Waals surface area contributed by atoms with E-state index in [1.54, 1.807) is 4.90 Å². The van der Waals surface area contributed by atoms with Crippen LogP contribution in [-0.2, 0) is 0 Å². The largest absolute Gasteiger partial charge is 0.395 e. The van der Waals surface area contributed by atoms with Crippen LogP contribution in [0.2, 0.25) is 0 Å². The second-order valence-electron chi connectivity index (χ2n) is 4.91. The monoisotopic (exact) mass is 279 g/mol. The molecule has 1 unspecified atom stereocenters. The Morgan fingerprint density at radius 1 is 1.35 bits per heavy atom. The van der Waals surface area contributed by atoms with Gasteiger partial charge in [-0.1, -0.05) is 25.5 Å². The van der Waals surface area contributed by atoms with Crippen LogP contribution in [0.3, 0.4) is 0 Å². The van der Waals surface area contributed by atoms with Gasteiger partial charge in [0.1, 0.15) is 0 Å². The lowest BCUT2D eigenvalue weighted by Crippen LogP contribution is -2.37. The summed E-state index contributed by atoms with van der Waals surface area (Å²) in [6.07, 6.45) is 1.94. The molecule has 0 aliphatic rings. The number of aliphatic hydroxyl groups excluding tert-OH is 1. The number of anilines is 1. The van der Waals surface area contributed by atoms with Crippen molar-refractivity contribution in [3.05, 3.63) is 29.8 Å². The smallest absolute Gasteiger partial charge is 0.321 e. The fraction of sp³-hybridized carbons (Fsp3) is 0.533. The van der Waals surface area contributed by atoms with Crippen molar-refractivity contribution in [1.29, 1.82) is 0 Å². The summed E-state index contributed by atoms with van der Waals surface area (Å²) in [4.78, 5) is 13.7. The van der Waals surface area contributed by atoms with Crippen molar-refractivity contribution in [2.75, 3.05) is 25.0 Å². The van der Waals surface area contributed by atoms with Gasteiger partial charge in [-0.15, -0.1) is 0 Å². The Morgan fingerprint density at radius 2 is 2.00 bits per heavy atom. The van der Waals surface area contributed by atoms with Crippen LogP contribution in [0.4, 0.5) is 10.5 Å². The molecule has 0 aromatic heterocycles. The van der Waals surface area contributed by atoms with Crippen LogP contribution in [0, 0.1) is 0 Å². The normalized spacial score (nSPS) is 12.0. The van der Waals surface area contributed by atoms with Gasteiger partial charge in [-0.3, -0.25) is 0 Å². The maximum Gasteiger partial charge on any atom is 0.321 e. The maximum absolute atomic E-state index is 12.1. The van der Waals surface area contributed by atoms with E-state index in [-0.39, 0.29) is 18.7 Å². The van der Waals surface area contributed by atoms with Crippen LogP contribution < -0.4 is 11.1 Å². The van der Waals surface area contributed by atoms with Gasteiger partial charge in [-0.05, 0) is 31.0 Å². The summed E-state index contributed by atoms with van der Waals surface area (Å²) >= 11 is 0. The molecule has 0 fully saturated rings. The van der Waals surface area contributed by atoms with E-state index in [0.717, 1.165) is 24.1 Å². The molecule has 1 aromatic carbocycles. The van der Waals surface area contributed by atoms with E-state index in [4.69, 9.17) is 10.8 Å². The first kappa shape index (κ1) is 16.5. The van der Waals surface area contributed by atoms with Crippen molar-refractivity contribution in [2.24, 2.45) is 5.73 Å². The van der Waals surface area contributed by atoms with Crippen molar-refractivity contribution >= 4 is 11.7 Å². The molecular formula is C15H25N3O2. The molecule has 0 radical (unpaired) electrons. The summed E-state index contributed by atoms with van der Waals surface area (Å²) in [7, 11) is 0. The number of unbranched alkanes of at least 4 members (excludes halogenated alkanes) is 1. The van der Waals surface area contributed by atoms with Gasteiger partial charge in [-0.25, -0.2) is 4.79 Å². The number of nitrogens with zero attached hydrogens (tertiary/aromatic N) is 1. The highest BCUT2D eigenvalue weighted by molar-refractivity contribution is 5.89. The minimum Gasteiger partial charge on any atom is -0.395 e. The lowest BCUT2D eigenvalue weighted by molar-refractivity contribution is 0.187. The topological polar surface area (TPSA) is 78.6 Å². The van der Waals surface area contributed by atoms with Crippen molar-refractivity contribution in [1.82, 2.24) is 4.90 Å². The minimum absolute atomic E-state index is 0.0183. The summed E-state index contributed by atoms with van der Waals surface area (Å²) in [5, 5.41) is 11.8. The number of hydrogen-bond acceptors (Lipinski definition) is 3. The molecule has 1 aromatic rings. The van der Waals surface area contributed by atoms with Crippen LogP contribution in [0.25, 0.3) is 0 Å². The third-order valence-corrected chi connectivity index (χ3v) is 3.13. The lowest BCUT2D eigenvalue weighted by atomic mass is 10.1. The van der Waals surface area contributed by atoms with Crippen LogP contribution in [0.1, 0.15) is 38.3 Å². The second kappa shape index (κ2) is 8.55. The Kier molecular flexibility index (Phi) is 7.04. The number of urea groups is 1. The molecule has 5 nitrogen and oxygen atoms in total. The molecule has 20 heavy (non-hydrogen) atoms. The number of aliphatic hydroxyl groups is 1. The predicted molar refractivity (Wildman–Crippen MR) is 81.6 cm³/mol. The molecule has 0 aliphatic carbocycles. The molecule has 0 aliphatic heterocycles. The average molecular weight is 279 g/mol. The fourth-order valence-corrected chi connectivity index (χ4v) is 1.86. The summed E-state index contributed by atoms with van der Waals surface area (Å²) in [6.45, 7) is 4.97. The average Bonchev–Trinajstić information content (AvgIpc) is 2.43. The van der Waals surface area contributed by atoms with Crippen molar-refractivity contribution in [3.8, 4) is 0 Å². The third kappa shape index (κ3) is 5.19. The first-order valence-electron chi connectivity index (χ1n) is 7.10. The Labute approximate surface area is 120 Å². The molecule has 5 heteroatoms. The van der Waals surface area contributed by atoms with Gasteiger partial charge in [-0.2, -0.15) is 0 Å². The molecular weight excluding hydrogens is 254 g/mol. The highest BCUT2D eigenvalue weighted by Crippen LogP contribution is 2.14. The third-order valence-electron chi connectivity index (χ3n) is 3.13. The zero-order chi connectivity index (χ0) is 15.0. The van der Waals surface area contributed by atoms with E-state index in [1.807, 2.05) is 31.2 Å². The minimum atomic E-state index is -0.180. The summed E-state index contributed by atoms with van der Waals surface area (Å²) < 4.78 is 0. The molecule has 2 amide bonds. The first-order valence-corrected chi connectivity index (χ1v) is 7.10. The van der Waals surface area contributed by atoms with E-state index < -0.39 is 0 Å². The van der Waals surface area contributed by atoms with Crippen LogP contribution >= 0.6 is 0 Å². The number of rotatable bonds is 7. The second-order valence-corrected chi connectivity index (χ2v) is 4.91. The van der Waals surface area contributed by atoms with Gasteiger partial charge in [0, 0.05) is 24.8 Å². The van der Waals surface area contributed by atoms with Crippen molar-refractivity contribution in [2.45, 2.75) is 32.7 Å². The lowest BCUT2D eigenvalue weighted by Gasteiger charge is -2.22. The number of benzene rings is 1. The van der Waals surface area contributed by atoms with Crippen LogP contribution in [-0.4, -0.2) is 35.7 Å². The van der Waals surface area contributed by atoms with Gasteiger partial charge >= 0.3 is 6.03 Å². The SMILES string of the molecule is CCCCN(CCO)C(=O)Nc1ccc(C(C)N)cc1. The highest BCUT2D eigenvalue weighted by Gasteiger charge is 2.12. The Balaban J connectivity index is 2.62. The Bertz CT molecular complexity index is 404. The first-order chi connectivity index (χ1) is 9.58. The summed E-state index contributed by atoms with van der Waals surface area (Å²) in [5.74, 6) is 0. The quantitative estimate of drug-likeness (QED) is 0.716. The molecule has 0 saturated carbocycles. The van der Waals surface area contributed by atoms with Gasteiger partial charge in [0.2, 0.25) is 0 Å². The van der Waals surface area contributed by atoms with E-state index in [0.29, 0.717) is 13.1 Å². The van der Waals surface area contributed by atoms with Crippen molar-refractivity contribution < 1.29 is 9.90 Å². The predicted octanol–water partition coefficient (Wildman–Crippen LogP) is 2.33. The number of nitrogens with two attached hydrogens (primary N) is 1. The number of hydrogen-bond donors (Lipinski definition) is 3. The number of carbonyl (C=O) groups excluding carboxylic acids is 1. The van der Waals surface area contributed by atoms with Gasteiger partial charge in [0.25, 0.3) is 0 Å². The molecule has 0 bridgehead atoms. The molecule has 1 atom stereocenters. The molecule has 112 valence electrons. The highest BCUT2D eigenvalue weighted by atomic mass is 16.3. The summed E-state index contributed by atoms with van der Waals surface area (Å²) in [5.41, 5.74) is 7.55. The molecule has 0 spiro atoms. The maximum atomic E-state index is 12.1. The fourth-order valence-electron chi connectivity index (χ4n) is 1.86. The number of nitrogens with one attached hydrogen (secondary N) is 1. The number of carbonyl (C=O) groups is 1.